The fourth-order valence-corrected chi connectivity index (χ4v) is 3.00. The minimum atomic E-state index is 0.837. The summed E-state index contributed by atoms with van der Waals surface area (Å²) in [5.74, 6) is 1.67. The number of ether oxygens (including phenoxy) is 2. The first-order valence-corrected chi connectivity index (χ1v) is 8.76. The molecule has 0 fully saturated rings. The number of hydrogen-bond donors (Lipinski definition) is 0. The largest absolute Gasteiger partial charge is 0.497 e. The molecule has 0 N–H and O–H groups in total. The lowest BCUT2D eigenvalue weighted by atomic mass is 10.1. The van der Waals surface area contributed by atoms with Crippen molar-refractivity contribution in [3.8, 4) is 11.5 Å². The molecule has 0 saturated heterocycles. The van der Waals surface area contributed by atoms with Gasteiger partial charge in [-0.1, -0.05) is 22.0 Å². The highest BCUT2D eigenvalue weighted by atomic mass is 79.9. The maximum atomic E-state index is 5.28. The Labute approximate surface area is 156 Å². The molecule has 0 radical (unpaired) electrons. The summed E-state index contributed by atoms with van der Waals surface area (Å²) in [5.41, 5.74) is 4.39. The van der Waals surface area contributed by atoms with Gasteiger partial charge in [0.1, 0.15) is 11.5 Å². The Morgan fingerprint density at radius 2 is 1.12 bits per heavy atom. The third-order valence-electron chi connectivity index (χ3n) is 4.07. The molecule has 0 saturated carbocycles. The van der Waals surface area contributed by atoms with Crippen LogP contribution in [0.5, 0.6) is 11.5 Å². The SMILES string of the molecule is COc1ccc(N(c2ccc(OC)cc2)c2ccc(C)c(Br)c2)cc1. The molecule has 0 aliphatic carbocycles. The highest BCUT2D eigenvalue weighted by Gasteiger charge is 2.13. The second kappa shape index (κ2) is 7.62. The highest BCUT2D eigenvalue weighted by molar-refractivity contribution is 9.10. The zero-order chi connectivity index (χ0) is 17.8. The number of hydrogen-bond acceptors (Lipinski definition) is 3. The van der Waals surface area contributed by atoms with Crippen LogP contribution in [0.2, 0.25) is 0 Å². The van der Waals surface area contributed by atoms with Crippen LogP contribution in [0, 0.1) is 6.92 Å². The Kier molecular flexibility index (Phi) is 5.29. The van der Waals surface area contributed by atoms with Gasteiger partial charge in [0.25, 0.3) is 0 Å². The summed E-state index contributed by atoms with van der Waals surface area (Å²) in [6.45, 7) is 2.08. The van der Waals surface area contributed by atoms with Crippen molar-refractivity contribution in [3.63, 3.8) is 0 Å². The van der Waals surface area contributed by atoms with Gasteiger partial charge in [0.15, 0.2) is 0 Å². The van der Waals surface area contributed by atoms with Crippen LogP contribution in [0.25, 0.3) is 0 Å². The van der Waals surface area contributed by atoms with Gasteiger partial charge in [-0.15, -0.1) is 0 Å². The molecule has 0 spiro atoms. The van der Waals surface area contributed by atoms with E-state index in [0.29, 0.717) is 0 Å². The average molecular weight is 398 g/mol. The van der Waals surface area contributed by atoms with Crippen molar-refractivity contribution in [1.82, 2.24) is 0 Å². The van der Waals surface area contributed by atoms with Crippen molar-refractivity contribution in [2.24, 2.45) is 0 Å². The summed E-state index contributed by atoms with van der Waals surface area (Å²) in [6.07, 6.45) is 0. The summed E-state index contributed by atoms with van der Waals surface area (Å²) in [5, 5.41) is 0. The van der Waals surface area contributed by atoms with E-state index in [2.05, 4.69) is 70.2 Å². The van der Waals surface area contributed by atoms with E-state index in [9.17, 15) is 0 Å². The lowest BCUT2D eigenvalue weighted by molar-refractivity contribution is 0.415. The summed E-state index contributed by atoms with van der Waals surface area (Å²) in [7, 11) is 3.35. The van der Waals surface area contributed by atoms with E-state index in [1.165, 1.54) is 5.56 Å². The van der Waals surface area contributed by atoms with Gasteiger partial charge in [-0.3, -0.25) is 0 Å². The molecule has 128 valence electrons. The number of halogens is 1. The second-order valence-electron chi connectivity index (χ2n) is 5.66. The normalized spacial score (nSPS) is 10.4. The number of anilines is 3. The van der Waals surface area contributed by atoms with Crippen molar-refractivity contribution >= 4 is 33.0 Å². The number of nitrogens with zero attached hydrogens (tertiary/aromatic N) is 1. The minimum absolute atomic E-state index is 0.837. The first-order chi connectivity index (χ1) is 12.1. The van der Waals surface area contributed by atoms with Gasteiger partial charge in [-0.2, -0.15) is 0 Å². The lowest BCUT2D eigenvalue weighted by Crippen LogP contribution is -2.10. The second-order valence-corrected chi connectivity index (χ2v) is 6.52. The molecule has 0 aliphatic heterocycles. The van der Waals surface area contributed by atoms with Gasteiger partial charge in [-0.25, -0.2) is 0 Å². The molecule has 3 nitrogen and oxygen atoms in total. The molecular formula is C21H20BrNO2. The number of aryl methyl sites for hydroxylation is 1. The number of methoxy groups -OCH3 is 2. The van der Waals surface area contributed by atoms with Crippen LogP contribution in [-0.2, 0) is 0 Å². The van der Waals surface area contributed by atoms with Crippen LogP contribution in [-0.4, -0.2) is 14.2 Å². The first kappa shape index (κ1) is 17.4. The van der Waals surface area contributed by atoms with Crippen LogP contribution in [0.3, 0.4) is 0 Å². The molecule has 0 bridgehead atoms. The summed E-state index contributed by atoms with van der Waals surface area (Å²) in [6, 6.07) is 22.4. The summed E-state index contributed by atoms with van der Waals surface area (Å²) >= 11 is 3.64. The van der Waals surface area contributed by atoms with Crippen LogP contribution >= 0.6 is 15.9 Å². The molecule has 4 heteroatoms. The molecule has 0 heterocycles. The van der Waals surface area contributed by atoms with E-state index >= 15 is 0 Å². The molecule has 3 aromatic rings. The maximum absolute atomic E-state index is 5.28. The molecule has 0 aromatic heterocycles. The fraction of sp³-hybridized carbons (Fsp3) is 0.143. The van der Waals surface area contributed by atoms with Crippen LogP contribution in [0.15, 0.2) is 71.2 Å². The summed E-state index contributed by atoms with van der Waals surface area (Å²) in [4.78, 5) is 2.20. The van der Waals surface area contributed by atoms with E-state index in [1.54, 1.807) is 14.2 Å². The van der Waals surface area contributed by atoms with Crippen LogP contribution in [0.1, 0.15) is 5.56 Å². The predicted molar refractivity (Wildman–Crippen MR) is 107 cm³/mol. The zero-order valence-electron chi connectivity index (χ0n) is 14.5. The lowest BCUT2D eigenvalue weighted by Gasteiger charge is -2.26. The van der Waals surface area contributed by atoms with Crippen molar-refractivity contribution < 1.29 is 9.47 Å². The number of rotatable bonds is 5. The van der Waals surface area contributed by atoms with E-state index in [-0.39, 0.29) is 0 Å². The first-order valence-electron chi connectivity index (χ1n) is 7.97. The summed E-state index contributed by atoms with van der Waals surface area (Å²) < 4.78 is 11.6. The molecule has 0 amide bonds. The van der Waals surface area contributed by atoms with Crippen molar-refractivity contribution in [2.45, 2.75) is 6.92 Å². The van der Waals surface area contributed by atoms with Gasteiger partial charge in [0.05, 0.1) is 14.2 Å². The van der Waals surface area contributed by atoms with Gasteiger partial charge in [0, 0.05) is 21.5 Å². The fourth-order valence-electron chi connectivity index (χ4n) is 2.63. The number of benzene rings is 3. The Hall–Kier alpha value is -2.46. The van der Waals surface area contributed by atoms with E-state index in [0.717, 1.165) is 33.0 Å². The topological polar surface area (TPSA) is 21.7 Å². The molecule has 3 rings (SSSR count). The van der Waals surface area contributed by atoms with E-state index < -0.39 is 0 Å². The van der Waals surface area contributed by atoms with Crippen LogP contribution < -0.4 is 14.4 Å². The van der Waals surface area contributed by atoms with Gasteiger partial charge >= 0.3 is 0 Å². The van der Waals surface area contributed by atoms with Gasteiger partial charge in [-0.05, 0) is 73.2 Å². The minimum Gasteiger partial charge on any atom is -0.497 e. The Morgan fingerprint density at radius 3 is 1.52 bits per heavy atom. The van der Waals surface area contributed by atoms with E-state index in [4.69, 9.17) is 9.47 Å². The molecule has 25 heavy (non-hydrogen) atoms. The van der Waals surface area contributed by atoms with Crippen molar-refractivity contribution in [3.05, 3.63) is 76.8 Å². The third kappa shape index (κ3) is 3.80. The molecule has 0 aliphatic rings. The molecule has 3 aromatic carbocycles. The van der Waals surface area contributed by atoms with Crippen molar-refractivity contribution in [2.75, 3.05) is 19.1 Å². The van der Waals surface area contributed by atoms with Crippen molar-refractivity contribution in [1.29, 1.82) is 0 Å². The van der Waals surface area contributed by atoms with Crippen LogP contribution in [0.4, 0.5) is 17.1 Å². The monoisotopic (exact) mass is 397 g/mol. The van der Waals surface area contributed by atoms with E-state index in [1.807, 2.05) is 24.3 Å². The molecular weight excluding hydrogens is 378 g/mol. The Morgan fingerprint density at radius 1 is 0.680 bits per heavy atom. The predicted octanol–water partition coefficient (Wildman–Crippen LogP) is 6.24. The smallest absolute Gasteiger partial charge is 0.119 e. The highest BCUT2D eigenvalue weighted by Crippen LogP contribution is 2.37. The van der Waals surface area contributed by atoms with Gasteiger partial charge in [0.2, 0.25) is 0 Å². The quantitative estimate of drug-likeness (QED) is 0.508. The standard InChI is InChI=1S/C21H20BrNO2/c1-15-4-5-18(14-21(15)22)23(16-6-10-19(24-2)11-7-16)17-8-12-20(25-3)13-9-17/h4-14H,1-3H3. The Bertz CT molecular complexity index is 797. The third-order valence-corrected chi connectivity index (χ3v) is 4.93. The van der Waals surface area contributed by atoms with Gasteiger partial charge < -0.3 is 14.4 Å². The Balaban J connectivity index is 2.10. The molecule has 0 atom stereocenters. The molecule has 0 unspecified atom stereocenters. The maximum Gasteiger partial charge on any atom is 0.119 e. The zero-order valence-corrected chi connectivity index (χ0v) is 16.1. The average Bonchev–Trinajstić information content (AvgIpc) is 2.66.